The second-order valence-corrected chi connectivity index (χ2v) is 11.6. The maximum atomic E-state index is 13.3. The van der Waals surface area contributed by atoms with E-state index >= 15 is 0 Å². The number of thiophene rings is 1. The van der Waals surface area contributed by atoms with Crippen molar-refractivity contribution in [2.75, 3.05) is 16.4 Å². The van der Waals surface area contributed by atoms with Crippen LogP contribution in [0.4, 0.5) is 11.4 Å². The van der Waals surface area contributed by atoms with Crippen molar-refractivity contribution < 1.29 is 18.8 Å². The average Bonchev–Trinajstić information content (AvgIpc) is 3.75. The maximum absolute atomic E-state index is 13.3. The van der Waals surface area contributed by atoms with Gasteiger partial charge < -0.3 is 20.4 Å². The monoisotopic (exact) mass is 630 g/mol. The van der Waals surface area contributed by atoms with Gasteiger partial charge in [0, 0.05) is 27.4 Å². The van der Waals surface area contributed by atoms with Crippen LogP contribution < -0.4 is 16.0 Å². The van der Waals surface area contributed by atoms with Gasteiger partial charge in [-0.2, -0.15) is 11.3 Å². The molecule has 45 heavy (non-hydrogen) atoms. The molecule has 0 aliphatic rings. The number of anilines is 2. The molecule has 0 aliphatic heterocycles. The van der Waals surface area contributed by atoms with Crippen LogP contribution in [0.1, 0.15) is 15.9 Å². The number of rotatable bonds is 10. The first-order valence-electron chi connectivity index (χ1n) is 13.9. The first-order valence-corrected chi connectivity index (χ1v) is 15.8. The molecule has 0 aliphatic carbocycles. The summed E-state index contributed by atoms with van der Waals surface area (Å²) in [6.45, 7) is 0. The van der Waals surface area contributed by atoms with Crippen LogP contribution in [-0.2, 0) is 9.59 Å². The summed E-state index contributed by atoms with van der Waals surface area (Å²) in [7, 11) is 0. The first-order chi connectivity index (χ1) is 22.0. The van der Waals surface area contributed by atoms with Crippen molar-refractivity contribution in [2.24, 2.45) is 0 Å². The van der Waals surface area contributed by atoms with Gasteiger partial charge in [0.05, 0.1) is 5.75 Å². The summed E-state index contributed by atoms with van der Waals surface area (Å²) in [6.07, 6.45) is 1.63. The zero-order chi connectivity index (χ0) is 31.0. The SMILES string of the molecule is O=C(CSc1cccc(NC(=O)/C(=C/c2ccsc2)NC(=O)c2ccccc2)c1)Nc1ccc(-c2nc3ccccc3o2)cc1. The van der Waals surface area contributed by atoms with E-state index in [0.29, 0.717) is 22.8 Å². The number of carbonyl (C=O) groups is 3. The number of fused-ring (bicyclic) bond motifs is 1. The van der Waals surface area contributed by atoms with E-state index in [4.69, 9.17) is 4.42 Å². The molecule has 0 fully saturated rings. The molecule has 0 atom stereocenters. The highest BCUT2D eigenvalue weighted by atomic mass is 32.2. The van der Waals surface area contributed by atoms with Crippen LogP contribution in [0.3, 0.4) is 0 Å². The number of aromatic nitrogens is 1. The third-order valence-electron chi connectivity index (χ3n) is 6.55. The van der Waals surface area contributed by atoms with Crippen molar-refractivity contribution >= 4 is 69.4 Å². The van der Waals surface area contributed by atoms with E-state index in [9.17, 15) is 14.4 Å². The lowest BCUT2D eigenvalue weighted by Gasteiger charge is -2.12. The molecule has 4 aromatic carbocycles. The summed E-state index contributed by atoms with van der Waals surface area (Å²) < 4.78 is 5.82. The lowest BCUT2D eigenvalue weighted by molar-refractivity contribution is -0.114. The Morgan fingerprint density at radius 2 is 1.62 bits per heavy atom. The number of amides is 3. The Balaban J connectivity index is 1.06. The van der Waals surface area contributed by atoms with Crippen LogP contribution in [0, 0.1) is 0 Å². The Morgan fingerprint density at radius 1 is 0.822 bits per heavy atom. The Bertz CT molecular complexity index is 1950. The Hall–Kier alpha value is -5.45. The highest BCUT2D eigenvalue weighted by Gasteiger charge is 2.16. The third kappa shape index (κ3) is 7.74. The number of nitrogens with zero attached hydrogens (tertiary/aromatic N) is 1. The molecular formula is C35H26N4O4S2. The van der Waals surface area contributed by atoms with Crippen LogP contribution in [0.25, 0.3) is 28.6 Å². The third-order valence-corrected chi connectivity index (χ3v) is 8.25. The number of hydrogen-bond donors (Lipinski definition) is 3. The molecule has 6 rings (SSSR count). The molecule has 6 aromatic rings. The highest BCUT2D eigenvalue weighted by Crippen LogP contribution is 2.26. The summed E-state index contributed by atoms with van der Waals surface area (Å²) >= 11 is 2.83. The predicted molar refractivity (Wildman–Crippen MR) is 180 cm³/mol. The molecule has 2 aromatic heterocycles. The molecule has 222 valence electrons. The molecule has 0 unspecified atom stereocenters. The number of hydrogen-bond acceptors (Lipinski definition) is 7. The van der Waals surface area contributed by atoms with Gasteiger partial charge in [0.1, 0.15) is 11.2 Å². The van der Waals surface area contributed by atoms with Crippen molar-refractivity contribution in [3.05, 3.63) is 137 Å². The Labute approximate surface area is 267 Å². The van der Waals surface area contributed by atoms with Crippen LogP contribution in [-0.4, -0.2) is 28.5 Å². The fourth-order valence-electron chi connectivity index (χ4n) is 4.37. The lowest BCUT2D eigenvalue weighted by atomic mass is 10.2. The van der Waals surface area contributed by atoms with Crippen molar-refractivity contribution in [2.45, 2.75) is 4.90 Å². The molecule has 0 radical (unpaired) electrons. The van der Waals surface area contributed by atoms with Gasteiger partial charge in [0.25, 0.3) is 11.8 Å². The molecule has 0 spiro atoms. The molecular weight excluding hydrogens is 605 g/mol. The van der Waals surface area contributed by atoms with E-state index < -0.39 is 5.91 Å². The lowest BCUT2D eigenvalue weighted by Crippen LogP contribution is -2.30. The molecule has 0 saturated heterocycles. The normalized spacial score (nSPS) is 11.2. The van der Waals surface area contributed by atoms with Crippen LogP contribution >= 0.6 is 23.1 Å². The summed E-state index contributed by atoms with van der Waals surface area (Å²) in [5.74, 6) is -0.339. The van der Waals surface area contributed by atoms with Crippen molar-refractivity contribution in [3.63, 3.8) is 0 Å². The minimum atomic E-state index is -0.466. The van der Waals surface area contributed by atoms with E-state index in [-0.39, 0.29) is 23.3 Å². The number of thioether (sulfide) groups is 1. The van der Waals surface area contributed by atoms with Crippen molar-refractivity contribution in [1.82, 2.24) is 10.3 Å². The fraction of sp³-hybridized carbons (Fsp3) is 0.0286. The minimum Gasteiger partial charge on any atom is -0.436 e. The smallest absolute Gasteiger partial charge is 0.272 e. The zero-order valence-corrected chi connectivity index (χ0v) is 25.4. The van der Waals surface area contributed by atoms with Gasteiger partial charge in [0.15, 0.2) is 5.58 Å². The second kappa shape index (κ2) is 13.9. The number of oxazole rings is 1. The molecule has 3 amide bonds. The fourth-order valence-corrected chi connectivity index (χ4v) is 5.74. The topological polar surface area (TPSA) is 113 Å². The summed E-state index contributed by atoms with van der Waals surface area (Å²) in [6, 6.07) is 32.7. The predicted octanol–water partition coefficient (Wildman–Crippen LogP) is 7.70. The molecule has 10 heteroatoms. The van der Waals surface area contributed by atoms with E-state index in [1.165, 1.54) is 23.1 Å². The van der Waals surface area contributed by atoms with Gasteiger partial charge in [-0.15, -0.1) is 11.8 Å². The number of nitrogens with one attached hydrogen (secondary N) is 3. The van der Waals surface area contributed by atoms with E-state index in [0.717, 1.165) is 27.1 Å². The van der Waals surface area contributed by atoms with E-state index in [1.54, 1.807) is 60.7 Å². The zero-order valence-electron chi connectivity index (χ0n) is 23.7. The van der Waals surface area contributed by atoms with Gasteiger partial charge >= 0.3 is 0 Å². The van der Waals surface area contributed by atoms with Gasteiger partial charge in [-0.25, -0.2) is 4.98 Å². The van der Waals surface area contributed by atoms with E-state index in [2.05, 4.69) is 20.9 Å². The largest absolute Gasteiger partial charge is 0.436 e. The quantitative estimate of drug-likeness (QED) is 0.106. The Morgan fingerprint density at radius 3 is 2.40 bits per heavy atom. The molecule has 2 heterocycles. The molecule has 0 saturated carbocycles. The minimum absolute atomic E-state index is 0.113. The van der Waals surface area contributed by atoms with Crippen molar-refractivity contribution in [1.29, 1.82) is 0 Å². The molecule has 8 nitrogen and oxygen atoms in total. The summed E-state index contributed by atoms with van der Waals surface area (Å²) in [4.78, 5) is 44.1. The summed E-state index contributed by atoms with van der Waals surface area (Å²) in [5.41, 5.74) is 4.86. The van der Waals surface area contributed by atoms with Crippen LogP contribution in [0.2, 0.25) is 0 Å². The van der Waals surface area contributed by atoms with Gasteiger partial charge in [-0.1, -0.05) is 36.4 Å². The standard InChI is InChI=1S/C35H26N4O4S2/c40-32(36-26-15-13-25(14-16-26)35-39-29-11-4-5-12-31(29)43-35)22-45-28-10-6-9-27(20-28)37-34(42)30(19-23-17-18-44-21-23)38-33(41)24-7-2-1-3-8-24/h1-21H,22H2,(H,36,40)(H,37,42)(H,38,41)/b30-19-. The highest BCUT2D eigenvalue weighted by molar-refractivity contribution is 8.00. The van der Waals surface area contributed by atoms with Crippen LogP contribution in [0.15, 0.2) is 135 Å². The number of carbonyl (C=O) groups excluding carboxylic acids is 3. The average molecular weight is 631 g/mol. The number of para-hydroxylation sites is 2. The maximum Gasteiger partial charge on any atom is 0.272 e. The van der Waals surface area contributed by atoms with E-state index in [1.807, 2.05) is 65.4 Å². The summed E-state index contributed by atoms with van der Waals surface area (Å²) in [5, 5.41) is 12.3. The number of benzene rings is 4. The van der Waals surface area contributed by atoms with Gasteiger partial charge in [-0.05, 0) is 95.2 Å². The molecule has 3 N–H and O–H groups in total. The molecule has 0 bridgehead atoms. The van der Waals surface area contributed by atoms with Gasteiger partial charge in [0.2, 0.25) is 11.8 Å². The second-order valence-electron chi connectivity index (χ2n) is 9.82. The Kier molecular flexibility index (Phi) is 9.14. The van der Waals surface area contributed by atoms with Crippen LogP contribution in [0.5, 0.6) is 0 Å². The van der Waals surface area contributed by atoms with Crippen molar-refractivity contribution in [3.8, 4) is 11.5 Å². The first kappa shape index (κ1) is 29.6. The van der Waals surface area contributed by atoms with Gasteiger partial charge in [-0.3, -0.25) is 14.4 Å².